The highest BCUT2D eigenvalue weighted by molar-refractivity contribution is 7.07. The summed E-state index contributed by atoms with van der Waals surface area (Å²) in [5.74, 6) is -1.11. The van der Waals surface area contributed by atoms with Gasteiger partial charge in [0.05, 0.1) is 11.9 Å². The number of nitrogens with zero attached hydrogens (tertiary/aromatic N) is 2. The van der Waals surface area contributed by atoms with Crippen LogP contribution in [0.1, 0.15) is 23.8 Å². The van der Waals surface area contributed by atoms with E-state index in [0.29, 0.717) is 12.2 Å². The molecule has 1 rings (SSSR count). The van der Waals surface area contributed by atoms with Crippen LogP contribution in [0.25, 0.3) is 0 Å². The van der Waals surface area contributed by atoms with Crippen LogP contribution in [0.15, 0.2) is 10.9 Å². The lowest BCUT2D eigenvalue weighted by molar-refractivity contribution is -0.137. The van der Waals surface area contributed by atoms with Crippen LogP contribution in [0.3, 0.4) is 0 Å². The number of carbonyl (C=O) groups is 2. The molecular weight excluding hydrogens is 216 g/mol. The van der Waals surface area contributed by atoms with E-state index in [1.807, 2.05) is 6.92 Å². The third-order valence-electron chi connectivity index (χ3n) is 1.92. The summed E-state index contributed by atoms with van der Waals surface area (Å²) >= 11 is 1.35. The first-order valence-corrected chi connectivity index (χ1v) is 5.48. The van der Waals surface area contributed by atoms with Gasteiger partial charge in [-0.15, -0.1) is 11.3 Å². The monoisotopic (exact) mass is 228 g/mol. The van der Waals surface area contributed by atoms with E-state index in [-0.39, 0.29) is 18.9 Å². The van der Waals surface area contributed by atoms with Gasteiger partial charge in [-0.1, -0.05) is 0 Å². The van der Waals surface area contributed by atoms with Gasteiger partial charge in [-0.2, -0.15) is 0 Å². The standard InChI is InChI=1S/C9H12N2O3S/c1-2-11(4-3-8(12)13)9(14)7-5-15-6-10-7/h5-6H,2-4H2,1H3,(H,12,13). The summed E-state index contributed by atoms with van der Waals surface area (Å²) in [7, 11) is 0. The summed E-state index contributed by atoms with van der Waals surface area (Å²) in [6.45, 7) is 2.53. The van der Waals surface area contributed by atoms with Gasteiger partial charge >= 0.3 is 5.97 Å². The topological polar surface area (TPSA) is 70.5 Å². The zero-order valence-corrected chi connectivity index (χ0v) is 9.16. The Hall–Kier alpha value is -1.43. The van der Waals surface area contributed by atoms with E-state index in [4.69, 9.17) is 5.11 Å². The Bertz CT molecular complexity index is 337. The molecule has 6 heteroatoms. The largest absolute Gasteiger partial charge is 0.481 e. The highest BCUT2D eigenvalue weighted by Gasteiger charge is 2.16. The molecule has 0 aliphatic heterocycles. The number of hydrogen-bond acceptors (Lipinski definition) is 4. The molecule has 0 fully saturated rings. The minimum Gasteiger partial charge on any atom is -0.481 e. The molecule has 1 amide bonds. The molecule has 0 unspecified atom stereocenters. The van der Waals surface area contributed by atoms with Crippen LogP contribution in [0.4, 0.5) is 0 Å². The van der Waals surface area contributed by atoms with Gasteiger partial charge in [0.15, 0.2) is 0 Å². The summed E-state index contributed by atoms with van der Waals surface area (Å²) < 4.78 is 0. The van der Waals surface area contributed by atoms with Crippen molar-refractivity contribution in [3.05, 3.63) is 16.6 Å². The Balaban J connectivity index is 2.59. The average Bonchev–Trinajstić information content (AvgIpc) is 2.70. The number of rotatable bonds is 5. The molecule has 1 N–H and O–H groups in total. The van der Waals surface area contributed by atoms with Gasteiger partial charge in [0.2, 0.25) is 0 Å². The van der Waals surface area contributed by atoms with Crippen LogP contribution in [0, 0.1) is 0 Å². The van der Waals surface area contributed by atoms with Crippen molar-refractivity contribution >= 4 is 23.2 Å². The molecular formula is C9H12N2O3S. The van der Waals surface area contributed by atoms with Crippen LogP contribution in [-0.2, 0) is 4.79 Å². The van der Waals surface area contributed by atoms with Crippen LogP contribution in [0.5, 0.6) is 0 Å². The van der Waals surface area contributed by atoms with E-state index in [9.17, 15) is 9.59 Å². The molecule has 0 bridgehead atoms. The molecule has 0 spiro atoms. The second-order valence-corrected chi connectivity index (χ2v) is 3.62. The number of carboxylic acids is 1. The van der Waals surface area contributed by atoms with Gasteiger partial charge in [0, 0.05) is 18.5 Å². The van der Waals surface area contributed by atoms with Gasteiger partial charge < -0.3 is 10.0 Å². The van der Waals surface area contributed by atoms with Crippen molar-refractivity contribution in [2.45, 2.75) is 13.3 Å². The Morgan fingerprint density at radius 3 is 2.80 bits per heavy atom. The molecule has 1 heterocycles. The van der Waals surface area contributed by atoms with Crippen LogP contribution in [-0.4, -0.2) is 40.0 Å². The molecule has 5 nitrogen and oxygen atoms in total. The van der Waals surface area contributed by atoms with Crippen molar-refractivity contribution in [3.63, 3.8) is 0 Å². The Morgan fingerprint density at radius 1 is 1.60 bits per heavy atom. The van der Waals surface area contributed by atoms with Crippen LogP contribution >= 0.6 is 11.3 Å². The van der Waals surface area contributed by atoms with E-state index in [0.717, 1.165) is 0 Å². The molecule has 1 aromatic rings. The summed E-state index contributed by atoms with van der Waals surface area (Å²) in [5, 5.41) is 10.2. The first-order chi connectivity index (χ1) is 7.15. The van der Waals surface area contributed by atoms with Crippen molar-refractivity contribution in [1.29, 1.82) is 0 Å². The summed E-state index contributed by atoms with van der Waals surface area (Å²) in [5.41, 5.74) is 1.96. The van der Waals surface area contributed by atoms with E-state index in [1.165, 1.54) is 16.2 Å². The molecule has 0 aliphatic rings. The first kappa shape index (κ1) is 11.6. The number of thiazole rings is 1. The van der Waals surface area contributed by atoms with Gasteiger partial charge in [0.1, 0.15) is 5.69 Å². The SMILES string of the molecule is CCN(CCC(=O)O)C(=O)c1cscn1. The second kappa shape index (κ2) is 5.45. The molecule has 0 aliphatic carbocycles. The predicted molar refractivity (Wildman–Crippen MR) is 55.9 cm³/mol. The molecule has 0 saturated heterocycles. The third-order valence-corrected chi connectivity index (χ3v) is 2.50. The molecule has 15 heavy (non-hydrogen) atoms. The van der Waals surface area contributed by atoms with Crippen LogP contribution in [0.2, 0.25) is 0 Å². The number of hydrogen-bond donors (Lipinski definition) is 1. The third kappa shape index (κ3) is 3.32. The number of aromatic nitrogens is 1. The van der Waals surface area contributed by atoms with E-state index in [2.05, 4.69) is 4.98 Å². The lowest BCUT2D eigenvalue weighted by Gasteiger charge is -2.18. The normalized spacial score (nSPS) is 9.93. The molecule has 0 aromatic carbocycles. The summed E-state index contributed by atoms with van der Waals surface area (Å²) in [6, 6.07) is 0. The minimum atomic E-state index is -0.903. The van der Waals surface area contributed by atoms with E-state index < -0.39 is 5.97 Å². The average molecular weight is 228 g/mol. The zero-order chi connectivity index (χ0) is 11.3. The molecule has 1 aromatic heterocycles. The molecule has 0 radical (unpaired) electrons. The molecule has 0 saturated carbocycles. The Morgan fingerprint density at radius 2 is 2.33 bits per heavy atom. The predicted octanol–water partition coefficient (Wildman–Crippen LogP) is 1.08. The highest BCUT2D eigenvalue weighted by Crippen LogP contribution is 2.06. The number of aliphatic carboxylic acids is 1. The van der Waals surface area contributed by atoms with Gasteiger partial charge in [-0.3, -0.25) is 9.59 Å². The fourth-order valence-electron chi connectivity index (χ4n) is 1.11. The first-order valence-electron chi connectivity index (χ1n) is 4.54. The fourth-order valence-corrected chi connectivity index (χ4v) is 1.64. The van der Waals surface area contributed by atoms with Gasteiger partial charge in [-0.25, -0.2) is 4.98 Å². The van der Waals surface area contributed by atoms with E-state index >= 15 is 0 Å². The lowest BCUT2D eigenvalue weighted by atomic mass is 10.3. The van der Waals surface area contributed by atoms with Crippen molar-refractivity contribution in [3.8, 4) is 0 Å². The van der Waals surface area contributed by atoms with Crippen molar-refractivity contribution in [2.75, 3.05) is 13.1 Å². The number of carbonyl (C=O) groups excluding carboxylic acids is 1. The summed E-state index contributed by atoms with van der Waals surface area (Å²) in [4.78, 5) is 27.5. The number of amides is 1. The van der Waals surface area contributed by atoms with Crippen LogP contribution < -0.4 is 0 Å². The lowest BCUT2D eigenvalue weighted by Crippen LogP contribution is -2.33. The van der Waals surface area contributed by atoms with Crippen molar-refractivity contribution < 1.29 is 14.7 Å². The van der Waals surface area contributed by atoms with Gasteiger partial charge in [-0.05, 0) is 6.92 Å². The molecule has 0 atom stereocenters. The Labute approximate surface area is 91.4 Å². The van der Waals surface area contributed by atoms with Crippen molar-refractivity contribution in [2.24, 2.45) is 0 Å². The summed E-state index contributed by atoms with van der Waals surface area (Å²) in [6.07, 6.45) is -0.0380. The van der Waals surface area contributed by atoms with Gasteiger partial charge in [0.25, 0.3) is 5.91 Å². The fraction of sp³-hybridized carbons (Fsp3) is 0.444. The number of carboxylic acid groups (broad SMARTS) is 1. The smallest absolute Gasteiger partial charge is 0.305 e. The maximum Gasteiger partial charge on any atom is 0.305 e. The second-order valence-electron chi connectivity index (χ2n) is 2.90. The quantitative estimate of drug-likeness (QED) is 0.818. The minimum absolute atomic E-state index is 0.0380. The zero-order valence-electron chi connectivity index (χ0n) is 8.34. The Kier molecular flexibility index (Phi) is 4.23. The molecule has 82 valence electrons. The maximum absolute atomic E-state index is 11.7. The maximum atomic E-state index is 11.7. The van der Waals surface area contributed by atoms with Crippen molar-refractivity contribution in [1.82, 2.24) is 9.88 Å². The highest BCUT2D eigenvalue weighted by atomic mass is 32.1. The van der Waals surface area contributed by atoms with E-state index in [1.54, 1.807) is 10.9 Å².